The number of nitrogens with zero attached hydrogens (tertiary/aromatic N) is 4. The van der Waals surface area contributed by atoms with E-state index >= 15 is 0 Å². The summed E-state index contributed by atoms with van der Waals surface area (Å²) in [6.07, 6.45) is 9.13. The maximum absolute atomic E-state index is 12.6. The summed E-state index contributed by atoms with van der Waals surface area (Å²) in [7, 11) is 1.78. The zero-order valence-electron chi connectivity index (χ0n) is 19.6. The van der Waals surface area contributed by atoms with E-state index in [9.17, 15) is 4.79 Å². The predicted octanol–water partition coefficient (Wildman–Crippen LogP) is 5.11. The second-order valence-electron chi connectivity index (χ2n) is 7.88. The number of halogens is 3. The van der Waals surface area contributed by atoms with Crippen LogP contribution in [-0.4, -0.2) is 39.1 Å². The molecule has 0 N–H and O–H groups in total. The van der Waals surface area contributed by atoms with Crippen LogP contribution in [0.1, 0.15) is 17.5 Å². The lowest BCUT2D eigenvalue weighted by atomic mass is 10.2. The Hall–Kier alpha value is -2.64. The summed E-state index contributed by atoms with van der Waals surface area (Å²) in [6.45, 7) is 3.13. The maximum atomic E-state index is 12.6. The van der Waals surface area contributed by atoms with Gasteiger partial charge in [-0.25, -0.2) is 0 Å². The van der Waals surface area contributed by atoms with Crippen molar-refractivity contribution >= 4 is 48.1 Å². The number of benzene rings is 1. The number of rotatable bonds is 10. The van der Waals surface area contributed by atoms with E-state index in [0.29, 0.717) is 12.4 Å². The number of hydrogen-bond acceptors (Lipinski definition) is 5. The molecular formula is C26H31Cl3N4O2. The van der Waals surface area contributed by atoms with Crippen LogP contribution in [0.2, 0.25) is 0 Å². The third-order valence-electron chi connectivity index (χ3n) is 5.57. The topological polar surface area (TPSA) is 60.2 Å². The molecule has 0 aliphatic rings. The van der Waals surface area contributed by atoms with Gasteiger partial charge in [-0.2, -0.15) is 0 Å². The van der Waals surface area contributed by atoms with Crippen LogP contribution in [0.4, 0.5) is 0 Å². The van der Waals surface area contributed by atoms with Crippen LogP contribution in [0.25, 0.3) is 10.9 Å². The number of pyridine rings is 3. The van der Waals surface area contributed by atoms with Gasteiger partial charge in [0.15, 0.2) is 5.75 Å². The van der Waals surface area contributed by atoms with Crippen LogP contribution in [0.5, 0.6) is 5.75 Å². The zero-order valence-corrected chi connectivity index (χ0v) is 22.0. The molecule has 0 aliphatic heterocycles. The van der Waals surface area contributed by atoms with Gasteiger partial charge in [-0.05, 0) is 54.3 Å². The molecule has 0 radical (unpaired) electrons. The lowest BCUT2D eigenvalue weighted by Crippen LogP contribution is -2.28. The highest BCUT2D eigenvalue weighted by molar-refractivity contribution is 5.86. The first-order valence-corrected chi connectivity index (χ1v) is 10.9. The fourth-order valence-electron chi connectivity index (χ4n) is 3.82. The van der Waals surface area contributed by atoms with E-state index in [0.717, 1.165) is 43.4 Å². The Kier molecular flexibility index (Phi) is 13.3. The van der Waals surface area contributed by atoms with Crippen molar-refractivity contribution in [2.24, 2.45) is 7.05 Å². The summed E-state index contributed by atoms with van der Waals surface area (Å²) in [5.41, 5.74) is 3.26. The Bertz CT molecular complexity index is 1210. The molecule has 0 spiro atoms. The predicted molar refractivity (Wildman–Crippen MR) is 148 cm³/mol. The molecule has 0 bridgehead atoms. The van der Waals surface area contributed by atoms with Gasteiger partial charge in [0.1, 0.15) is 0 Å². The molecule has 188 valence electrons. The summed E-state index contributed by atoms with van der Waals surface area (Å²) in [6, 6.07) is 17.9. The highest BCUT2D eigenvalue weighted by Gasteiger charge is 2.10. The summed E-state index contributed by atoms with van der Waals surface area (Å²) in [4.78, 5) is 23.4. The molecule has 4 rings (SSSR count). The van der Waals surface area contributed by atoms with Crippen LogP contribution in [0, 0.1) is 0 Å². The van der Waals surface area contributed by atoms with Gasteiger partial charge in [0.25, 0.3) is 5.56 Å². The van der Waals surface area contributed by atoms with Crippen molar-refractivity contribution in [3.8, 4) is 5.75 Å². The normalized spacial score (nSPS) is 10.2. The van der Waals surface area contributed by atoms with E-state index in [2.05, 4.69) is 20.9 Å². The van der Waals surface area contributed by atoms with Gasteiger partial charge in [0, 0.05) is 56.9 Å². The van der Waals surface area contributed by atoms with Crippen molar-refractivity contribution in [3.63, 3.8) is 0 Å². The Balaban J connectivity index is 0.00000204. The van der Waals surface area contributed by atoms with E-state index in [4.69, 9.17) is 4.74 Å². The van der Waals surface area contributed by atoms with E-state index < -0.39 is 0 Å². The van der Waals surface area contributed by atoms with Crippen molar-refractivity contribution < 1.29 is 4.74 Å². The average Bonchev–Trinajstić information content (AvgIpc) is 2.84. The number of aromatic nitrogens is 3. The molecule has 4 aromatic rings. The molecule has 0 unspecified atom stereocenters. The third kappa shape index (κ3) is 8.51. The molecule has 0 saturated carbocycles. The van der Waals surface area contributed by atoms with Crippen LogP contribution in [-0.2, 0) is 20.0 Å². The van der Waals surface area contributed by atoms with Crippen molar-refractivity contribution in [1.82, 2.24) is 19.4 Å². The molecular weight excluding hydrogens is 507 g/mol. The Labute approximate surface area is 224 Å². The maximum Gasteiger partial charge on any atom is 0.293 e. The highest BCUT2D eigenvalue weighted by atomic mass is 35.5. The largest absolute Gasteiger partial charge is 0.488 e. The van der Waals surface area contributed by atoms with Gasteiger partial charge in [-0.3, -0.25) is 19.7 Å². The lowest BCUT2D eigenvalue weighted by Gasteiger charge is -2.22. The number of aryl methyl sites for hydroxylation is 1. The van der Waals surface area contributed by atoms with Gasteiger partial charge in [-0.1, -0.05) is 24.3 Å². The van der Waals surface area contributed by atoms with Crippen LogP contribution in [0.3, 0.4) is 0 Å². The second kappa shape index (κ2) is 15.4. The van der Waals surface area contributed by atoms with Crippen LogP contribution < -0.4 is 10.3 Å². The number of hydrogen-bond donors (Lipinski definition) is 0. The Morgan fingerprint density at radius 2 is 1.66 bits per heavy atom. The average molecular weight is 538 g/mol. The number of fused-ring (bicyclic) bond motifs is 1. The molecule has 9 heteroatoms. The van der Waals surface area contributed by atoms with Crippen molar-refractivity contribution in [2.75, 3.05) is 19.7 Å². The van der Waals surface area contributed by atoms with Gasteiger partial charge in [-0.15, -0.1) is 37.2 Å². The van der Waals surface area contributed by atoms with Crippen molar-refractivity contribution in [3.05, 3.63) is 101 Å². The van der Waals surface area contributed by atoms with E-state index in [1.165, 1.54) is 11.1 Å². The minimum Gasteiger partial charge on any atom is -0.488 e. The Morgan fingerprint density at radius 3 is 2.40 bits per heavy atom. The molecule has 6 nitrogen and oxygen atoms in total. The monoisotopic (exact) mass is 536 g/mol. The quantitative estimate of drug-likeness (QED) is 0.263. The van der Waals surface area contributed by atoms with Gasteiger partial charge >= 0.3 is 0 Å². The van der Waals surface area contributed by atoms with Crippen LogP contribution in [0.15, 0.2) is 84.2 Å². The van der Waals surface area contributed by atoms with Crippen LogP contribution >= 0.6 is 37.2 Å². The van der Waals surface area contributed by atoms with E-state index in [1.807, 2.05) is 67.1 Å². The molecule has 0 saturated heterocycles. The Morgan fingerprint density at radius 1 is 0.886 bits per heavy atom. The molecule has 0 amide bonds. The fraction of sp³-hybridized carbons (Fsp3) is 0.269. The van der Waals surface area contributed by atoms with E-state index in [1.54, 1.807) is 17.8 Å². The van der Waals surface area contributed by atoms with Crippen molar-refractivity contribution in [1.29, 1.82) is 0 Å². The molecule has 3 heterocycles. The SMILES string of the molecule is Cl.Cl.Cl.Cn1c(=O)c(OCCCN(CCc2cccnc2)Cc2ccncc2)cc2ccccc21. The minimum absolute atomic E-state index is 0. The zero-order chi connectivity index (χ0) is 22.2. The van der Waals surface area contributed by atoms with Gasteiger partial charge in [0.05, 0.1) is 12.1 Å². The summed E-state index contributed by atoms with van der Waals surface area (Å²) in [5, 5.41) is 1.00. The fourth-order valence-corrected chi connectivity index (χ4v) is 3.82. The van der Waals surface area contributed by atoms with E-state index in [-0.39, 0.29) is 42.8 Å². The molecule has 0 fully saturated rings. The van der Waals surface area contributed by atoms with Gasteiger partial charge < -0.3 is 9.30 Å². The summed E-state index contributed by atoms with van der Waals surface area (Å²) < 4.78 is 7.56. The standard InChI is InChI=1S/C26H28N4O2.3ClH/c1-29-24-8-3-2-7-23(24)18-25(26(29)31)32-17-5-15-30(20-22-9-13-27-14-10-22)16-11-21-6-4-12-28-19-21;;;/h2-4,6-10,12-14,18-19H,5,11,15-17,20H2,1H3;3*1H. The first-order chi connectivity index (χ1) is 15.7. The lowest BCUT2D eigenvalue weighted by molar-refractivity contribution is 0.228. The summed E-state index contributed by atoms with van der Waals surface area (Å²) >= 11 is 0. The first-order valence-electron chi connectivity index (χ1n) is 10.9. The second-order valence-corrected chi connectivity index (χ2v) is 7.88. The number of para-hydroxylation sites is 1. The molecule has 0 aliphatic carbocycles. The minimum atomic E-state index is -0.103. The molecule has 35 heavy (non-hydrogen) atoms. The summed E-state index contributed by atoms with van der Waals surface area (Å²) in [5.74, 6) is 0.405. The first kappa shape index (κ1) is 30.4. The highest BCUT2D eigenvalue weighted by Crippen LogP contribution is 2.16. The molecule has 3 aromatic heterocycles. The molecule has 0 atom stereocenters. The third-order valence-corrected chi connectivity index (χ3v) is 5.57. The smallest absolute Gasteiger partial charge is 0.293 e. The molecule has 1 aromatic carbocycles. The van der Waals surface area contributed by atoms with Gasteiger partial charge in [0.2, 0.25) is 0 Å². The van der Waals surface area contributed by atoms with Crippen molar-refractivity contribution in [2.45, 2.75) is 19.4 Å². The number of ether oxygens (including phenoxy) is 1.